The third-order valence-electron chi connectivity index (χ3n) is 3.22. The molecular weight excluding hydrogens is 332 g/mol. The summed E-state index contributed by atoms with van der Waals surface area (Å²) >= 11 is 0. The molecule has 0 atom stereocenters. The lowest BCUT2D eigenvalue weighted by Gasteiger charge is -2.14. The van der Waals surface area contributed by atoms with Gasteiger partial charge in [0.15, 0.2) is 0 Å². The molecule has 0 radical (unpaired) electrons. The Kier molecular flexibility index (Phi) is 5.46. The molecule has 7 heteroatoms. The predicted molar refractivity (Wildman–Crippen MR) is 88.8 cm³/mol. The van der Waals surface area contributed by atoms with Gasteiger partial charge >= 0.3 is 16.1 Å². The van der Waals surface area contributed by atoms with E-state index in [-0.39, 0.29) is 17.9 Å². The lowest BCUT2D eigenvalue weighted by molar-refractivity contribution is 0.0599. The van der Waals surface area contributed by atoms with Crippen LogP contribution in [-0.2, 0) is 21.5 Å². The van der Waals surface area contributed by atoms with Crippen molar-refractivity contribution in [3.05, 3.63) is 59.2 Å². The Hall–Kier alpha value is -2.54. The van der Waals surface area contributed by atoms with Crippen LogP contribution in [0.3, 0.4) is 0 Å². The minimum atomic E-state index is -3.73. The molecule has 0 saturated heterocycles. The molecule has 0 aliphatic heterocycles. The summed E-state index contributed by atoms with van der Waals surface area (Å²) in [6.07, 6.45) is 0.926. The molecule has 0 bridgehead atoms. The molecule has 0 spiro atoms. The highest BCUT2D eigenvalue weighted by Crippen LogP contribution is 2.30. The molecule has 2 aromatic carbocycles. The summed E-state index contributed by atoms with van der Waals surface area (Å²) in [5.74, 6) is -0.261. The SMILES string of the molecule is COC(=O)c1cc(OS(C)(=O)=O)cc(OCc2ccccc2)c1C. The zero-order valence-electron chi connectivity index (χ0n) is 13.6. The fraction of sp³-hybridized carbons (Fsp3) is 0.235. The van der Waals surface area contributed by atoms with E-state index < -0.39 is 16.1 Å². The van der Waals surface area contributed by atoms with Gasteiger partial charge in [0.05, 0.1) is 18.9 Å². The number of esters is 1. The molecule has 0 heterocycles. The standard InChI is InChI=1S/C17H18O6S/c1-12-15(17(18)21-2)9-14(23-24(3,19)20)10-16(12)22-11-13-7-5-4-6-8-13/h4-10H,11H2,1-3H3. The van der Waals surface area contributed by atoms with Crippen molar-refractivity contribution in [2.75, 3.05) is 13.4 Å². The Bertz CT molecular complexity index is 828. The van der Waals surface area contributed by atoms with Crippen molar-refractivity contribution in [2.45, 2.75) is 13.5 Å². The molecule has 2 aromatic rings. The van der Waals surface area contributed by atoms with E-state index in [2.05, 4.69) is 0 Å². The zero-order chi connectivity index (χ0) is 17.7. The molecule has 128 valence electrons. The largest absolute Gasteiger partial charge is 0.488 e. The number of ether oxygens (including phenoxy) is 2. The summed E-state index contributed by atoms with van der Waals surface area (Å²) in [5.41, 5.74) is 1.66. The van der Waals surface area contributed by atoms with Crippen LogP contribution in [0.4, 0.5) is 0 Å². The van der Waals surface area contributed by atoms with Crippen molar-refractivity contribution in [2.24, 2.45) is 0 Å². The van der Waals surface area contributed by atoms with Crippen LogP contribution in [0.1, 0.15) is 21.5 Å². The zero-order valence-corrected chi connectivity index (χ0v) is 14.4. The molecule has 0 aromatic heterocycles. The monoisotopic (exact) mass is 350 g/mol. The summed E-state index contributed by atoms with van der Waals surface area (Å²) < 4.78 is 38.0. The predicted octanol–water partition coefficient (Wildman–Crippen LogP) is 2.70. The van der Waals surface area contributed by atoms with Gasteiger partial charge in [-0.1, -0.05) is 30.3 Å². The second-order valence-electron chi connectivity index (χ2n) is 5.15. The molecule has 0 saturated carbocycles. The van der Waals surface area contributed by atoms with Gasteiger partial charge < -0.3 is 13.7 Å². The third kappa shape index (κ3) is 4.73. The van der Waals surface area contributed by atoms with Crippen LogP contribution in [-0.4, -0.2) is 27.8 Å². The van der Waals surface area contributed by atoms with Gasteiger partial charge in [-0.2, -0.15) is 8.42 Å². The van der Waals surface area contributed by atoms with Gasteiger partial charge in [0.25, 0.3) is 0 Å². The van der Waals surface area contributed by atoms with E-state index in [4.69, 9.17) is 13.7 Å². The van der Waals surface area contributed by atoms with Gasteiger partial charge in [0, 0.05) is 11.6 Å². The highest BCUT2D eigenvalue weighted by atomic mass is 32.2. The minimum Gasteiger partial charge on any atom is -0.488 e. The number of carbonyl (C=O) groups excluding carboxylic acids is 1. The summed E-state index contributed by atoms with van der Waals surface area (Å²) in [5, 5.41) is 0. The van der Waals surface area contributed by atoms with E-state index >= 15 is 0 Å². The second-order valence-corrected chi connectivity index (χ2v) is 6.72. The van der Waals surface area contributed by atoms with Gasteiger partial charge in [-0.05, 0) is 18.6 Å². The first-order valence-corrected chi connectivity index (χ1v) is 8.91. The van der Waals surface area contributed by atoms with Gasteiger partial charge in [0.1, 0.15) is 18.1 Å². The van der Waals surface area contributed by atoms with Gasteiger partial charge in [-0.25, -0.2) is 4.79 Å². The molecule has 2 rings (SSSR count). The number of hydrogen-bond acceptors (Lipinski definition) is 6. The molecule has 0 aliphatic carbocycles. The molecule has 24 heavy (non-hydrogen) atoms. The Labute approximate surface area is 141 Å². The summed E-state index contributed by atoms with van der Waals surface area (Å²) in [6.45, 7) is 1.96. The van der Waals surface area contributed by atoms with Gasteiger partial charge in [0.2, 0.25) is 0 Å². The first-order chi connectivity index (χ1) is 11.3. The Morgan fingerprint density at radius 1 is 1.12 bits per heavy atom. The van der Waals surface area contributed by atoms with Crippen LogP contribution >= 0.6 is 0 Å². The number of rotatable bonds is 6. The average molecular weight is 350 g/mol. The maximum absolute atomic E-state index is 11.9. The van der Waals surface area contributed by atoms with Gasteiger partial charge in [-0.3, -0.25) is 0 Å². The lowest BCUT2D eigenvalue weighted by Crippen LogP contribution is -2.10. The Morgan fingerprint density at radius 2 is 1.79 bits per heavy atom. The summed E-state index contributed by atoms with van der Waals surface area (Å²) in [6, 6.07) is 12.2. The topological polar surface area (TPSA) is 78.9 Å². The van der Waals surface area contributed by atoms with E-state index in [1.165, 1.54) is 19.2 Å². The smallest absolute Gasteiger partial charge is 0.338 e. The fourth-order valence-electron chi connectivity index (χ4n) is 2.09. The van der Waals surface area contributed by atoms with Crippen LogP contribution in [0.25, 0.3) is 0 Å². The molecule has 6 nitrogen and oxygen atoms in total. The van der Waals surface area contributed by atoms with E-state index in [0.29, 0.717) is 11.3 Å². The molecule has 0 aliphatic rings. The number of carbonyl (C=O) groups is 1. The van der Waals surface area contributed by atoms with E-state index in [1.807, 2.05) is 30.3 Å². The third-order valence-corrected chi connectivity index (χ3v) is 3.72. The van der Waals surface area contributed by atoms with E-state index in [1.54, 1.807) is 6.92 Å². The fourth-order valence-corrected chi connectivity index (χ4v) is 2.54. The van der Waals surface area contributed by atoms with Crippen molar-refractivity contribution < 1.29 is 26.9 Å². The van der Waals surface area contributed by atoms with Crippen LogP contribution in [0.15, 0.2) is 42.5 Å². The first-order valence-electron chi connectivity index (χ1n) is 7.09. The molecule has 0 unspecified atom stereocenters. The Balaban J connectivity index is 2.37. The van der Waals surface area contributed by atoms with Crippen LogP contribution in [0, 0.1) is 6.92 Å². The van der Waals surface area contributed by atoms with Crippen molar-refractivity contribution in [3.8, 4) is 11.5 Å². The molecular formula is C17H18O6S. The normalized spacial score (nSPS) is 11.0. The Morgan fingerprint density at radius 3 is 2.38 bits per heavy atom. The number of methoxy groups -OCH3 is 1. The van der Waals surface area contributed by atoms with Crippen LogP contribution in [0.5, 0.6) is 11.5 Å². The van der Waals surface area contributed by atoms with E-state index in [0.717, 1.165) is 11.8 Å². The summed E-state index contributed by atoms with van der Waals surface area (Å²) in [4.78, 5) is 11.9. The van der Waals surface area contributed by atoms with Crippen molar-refractivity contribution >= 4 is 16.1 Å². The minimum absolute atomic E-state index is 0.00781. The number of hydrogen-bond donors (Lipinski definition) is 0. The molecule has 0 fully saturated rings. The highest BCUT2D eigenvalue weighted by Gasteiger charge is 2.18. The maximum Gasteiger partial charge on any atom is 0.338 e. The highest BCUT2D eigenvalue weighted by molar-refractivity contribution is 7.86. The quantitative estimate of drug-likeness (QED) is 0.589. The van der Waals surface area contributed by atoms with Gasteiger partial charge in [-0.15, -0.1) is 0 Å². The van der Waals surface area contributed by atoms with Crippen molar-refractivity contribution in [1.82, 2.24) is 0 Å². The van der Waals surface area contributed by atoms with Crippen LogP contribution in [0.2, 0.25) is 0 Å². The summed E-state index contributed by atoms with van der Waals surface area (Å²) in [7, 11) is -2.48. The van der Waals surface area contributed by atoms with Crippen molar-refractivity contribution in [3.63, 3.8) is 0 Å². The average Bonchev–Trinajstić information content (AvgIpc) is 2.54. The number of benzene rings is 2. The molecule has 0 N–H and O–H groups in total. The van der Waals surface area contributed by atoms with E-state index in [9.17, 15) is 13.2 Å². The molecule has 0 amide bonds. The van der Waals surface area contributed by atoms with Crippen molar-refractivity contribution in [1.29, 1.82) is 0 Å². The first kappa shape index (κ1) is 17.8. The maximum atomic E-state index is 11.9. The second kappa shape index (κ2) is 7.35. The van der Waals surface area contributed by atoms with Crippen LogP contribution < -0.4 is 8.92 Å². The lowest BCUT2D eigenvalue weighted by atomic mass is 10.1.